The van der Waals surface area contributed by atoms with Crippen LogP contribution in [-0.2, 0) is 0 Å². The number of carbonyl (C=O) groups is 1. The van der Waals surface area contributed by atoms with Gasteiger partial charge < -0.3 is 14.4 Å². The molecular weight excluding hydrogens is 394 g/mol. The molecule has 144 valence electrons. The van der Waals surface area contributed by atoms with Gasteiger partial charge in [-0.15, -0.1) is 21.5 Å². The van der Waals surface area contributed by atoms with Gasteiger partial charge in [-0.1, -0.05) is 17.4 Å². The van der Waals surface area contributed by atoms with Gasteiger partial charge in [0.1, 0.15) is 17.1 Å². The smallest absolute Gasteiger partial charge is 0.208 e. The molecule has 0 amide bonds. The Kier molecular flexibility index (Phi) is 4.32. The Morgan fingerprint density at radius 2 is 2.07 bits per heavy atom. The number of ether oxygens (including phenoxy) is 2. The number of anilines is 1. The molecule has 5 rings (SSSR count). The van der Waals surface area contributed by atoms with Crippen molar-refractivity contribution in [2.75, 3.05) is 25.1 Å². The molecule has 0 unspecified atom stereocenters. The summed E-state index contributed by atoms with van der Waals surface area (Å²) in [5.41, 5.74) is 0.215. The molecule has 1 fully saturated rings. The fraction of sp³-hybridized carbons (Fsp3) is 0.350. The number of Topliss-reactive ketones (excluding diaryl/α,β-unsaturated/α-hetero) is 1. The predicted octanol–water partition coefficient (Wildman–Crippen LogP) is 4.28. The van der Waals surface area contributed by atoms with E-state index in [2.05, 4.69) is 21.2 Å². The molecule has 3 aromatic rings. The van der Waals surface area contributed by atoms with Crippen LogP contribution in [0, 0.1) is 0 Å². The fourth-order valence-corrected chi connectivity index (χ4v) is 5.52. The molecule has 0 radical (unpaired) electrons. The van der Waals surface area contributed by atoms with Gasteiger partial charge in [0.2, 0.25) is 5.13 Å². The van der Waals surface area contributed by atoms with E-state index in [1.165, 1.54) is 0 Å². The van der Waals surface area contributed by atoms with Gasteiger partial charge in [-0.2, -0.15) is 0 Å². The number of nitrogens with zero attached hydrogens (tertiary/aromatic N) is 3. The van der Waals surface area contributed by atoms with Gasteiger partial charge in [0.25, 0.3) is 0 Å². The number of methoxy groups -OCH3 is 1. The molecule has 1 saturated heterocycles. The Hall–Kier alpha value is -2.45. The predicted molar refractivity (Wildman–Crippen MR) is 110 cm³/mol. The van der Waals surface area contributed by atoms with Crippen LogP contribution < -0.4 is 14.4 Å². The number of carbonyl (C=O) groups excluding carboxylic acids is 1. The van der Waals surface area contributed by atoms with E-state index in [0.29, 0.717) is 23.5 Å². The third kappa shape index (κ3) is 3.06. The molecule has 8 heteroatoms. The summed E-state index contributed by atoms with van der Waals surface area (Å²) in [6.07, 6.45) is 1.99. The zero-order chi connectivity index (χ0) is 19.1. The van der Waals surface area contributed by atoms with Crippen LogP contribution in [0.3, 0.4) is 0 Å². The van der Waals surface area contributed by atoms with Gasteiger partial charge in [-0.25, -0.2) is 0 Å². The summed E-state index contributed by atoms with van der Waals surface area (Å²) in [4.78, 5) is 16.1. The Labute approximate surface area is 170 Å². The van der Waals surface area contributed by atoms with E-state index in [9.17, 15) is 4.79 Å². The highest BCUT2D eigenvalue weighted by Crippen LogP contribution is 2.42. The van der Waals surface area contributed by atoms with Gasteiger partial charge in [0, 0.05) is 32.0 Å². The van der Waals surface area contributed by atoms with Crippen LogP contribution in [0.15, 0.2) is 35.7 Å². The molecule has 0 bridgehead atoms. The van der Waals surface area contributed by atoms with Gasteiger partial charge in [-0.05, 0) is 23.6 Å². The molecule has 0 saturated carbocycles. The van der Waals surface area contributed by atoms with E-state index in [1.807, 2.05) is 17.5 Å². The van der Waals surface area contributed by atoms with Crippen molar-refractivity contribution in [1.82, 2.24) is 10.2 Å². The van der Waals surface area contributed by atoms with Crippen LogP contribution in [0.2, 0.25) is 0 Å². The molecule has 6 nitrogen and oxygen atoms in total. The van der Waals surface area contributed by atoms with Gasteiger partial charge in [0.05, 0.1) is 24.0 Å². The highest BCUT2D eigenvalue weighted by molar-refractivity contribution is 7.22. The maximum atomic E-state index is 12.7. The first-order valence-electron chi connectivity index (χ1n) is 9.18. The molecule has 2 aliphatic rings. The SMILES string of the molecule is COc1ccc2c(c1)OC1(CCN(c3nnc(-c4cccs4)s3)CC1)CC2=O. The zero-order valence-electron chi connectivity index (χ0n) is 15.4. The number of rotatable bonds is 3. The minimum absolute atomic E-state index is 0.147. The van der Waals surface area contributed by atoms with E-state index in [1.54, 1.807) is 41.9 Å². The molecule has 0 aliphatic carbocycles. The van der Waals surface area contributed by atoms with E-state index >= 15 is 0 Å². The van der Waals surface area contributed by atoms with Gasteiger partial charge in [0.15, 0.2) is 10.8 Å². The first kappa shape index (κ1) is 17.6. The van der Waals surface area contributed by atoms with Crippen LogP contribution in [-0.4, -0.2) is 41.8 Å². The van der Waals surface area contributed by atoms with Crippen molar-refractivity contribution >= 4 is 33.6 Å². The van der Waals surface area contributed by atoms with E-state index in [0.717, 1.165) is 40.9 Å². The molecular formula is C20H19N3O3S2. The number of hydrogen-bond acceptors (Lipinski definition) is 8. The number of aromatic nitrogens is 2. The molecule has 1 spiro atoms. The normalized spacial score (nSPS) is 18.0. The van der Waals surface area contributed by atoms with E-state index in [4.69, 9.17) is 9.47 Å². The van der Waals surface area contributed by atoms with Crippen molar-refractivity contribution < 1.29 is 14.3 Å². The summed E-state index contributed by atoms with van der Waals surface area (Å²) < 4.78 is 11.6. The highest BCUT2D eigenvalue weighted by atomic mass is 32.1. The second-order valence-corrected chi connectivity index (χ2v) is 9.00. The highest BCUT2D eigenvalue weighted by Gasteiger charge is 2.43. The molecule has 1 aromatic carbocycles. The second kappa shape index (κ2) is 6.86. The third-order valence-electron chi connectivity index (χ3n) is 5.39. The molecule has 0 N–H and O–H groups in total. The average molecular weight is 414 g/mol. The number of fused-ring (bicyclic) bond motifs is 1. The second-order valence-electron chi connectivity index (χ2n) is 7.10. The molecule has 28 heavy (non-hydrogen) atoms. The van der Waals surface area contributed by atoms with Crippen molar-refractivity contribution in [3.8, 4) is 21.4 Å². The summed E-state index contributed by atoms with van der Waals surface area (Å²) in [6.45, 7) is 1.59. The summed E-state index contributed by atoms with van der Waals surface area (Å²) >= 11 is 3.29. The average Bonchev–Trinajstić information content (AvgIpc) is 3.40. The van der Waals surface area contributed by atoms with Crippen LogP contribution in [0.25, 0.3) is 9.88 Å². The topological polar surface area (TPSA) is 64.6 Å². The standard InChI is InChI=1S/C20H19N3O3S2/c1-25-13-4-5-14-15(24)12-20(26-16(14)11-13)6-8-23(9-7-20)19-22-21-18(28-19)17-3-2-10-27-17/h2-5,10-11H,6-9,12H2,1H3. The van der Waals surface area contributed by atoms with Crippen LogP contribution in [0.5, 0.6) is 11.5 Å². The number of hydrogen-bond donors (Lipinski definition) is 0. The van der Waals surface area contributed by atoms with Gasteiger partial charge in [-0.3, -0.25) is 4.79 Å². The van der Waals surface area contributed by atoms with E-state index < -0.39 is 5.60 Å². The lowest BCUT2D eigenvalue weighted by Crippen LogP contribution is -2.51. The number of piperidine rings is 1. The summed E-state index contributed by atoms with van der Waals surface area (Å²) in [7, 11) is 1.62. The molecule has 4 heterocycles. The minimum Gasteiger partial charge on any atom is -0.497 e. The van der Waals surface area contributed by atoms with Crippen LogP contribution >= 0.6 is 22.7 Å². The first-order chi connectivity index (χ1) is 13.7. The Morgan fingerprint density at radius 3 is 2.82 bits per heavy atom. The van der Waals surface area contributed by atoms with Crippen LogP contribution in [0.4, 0.5) is 5.13 Å². The largest absolute Gasteiger partial charge is 0.497 e. The van der Waals surface area contributed by atoms with Gasteiger partial charge >= 0.3 is 0 Å². The lowest BCUT2D eigenvalue weighted by atomic mass is 9.82. The molecule has 2 aromatic heterocycles. The minimum atomic E-state index is -0.436. The monoisotopic (exact) mass is 413 g/mol. The maximum absolute atomic E-state index is 12.7. The first-order valence-corrected chi connectivity index (χ1v) is 10.9. The van der Waals surface area contributed by atoms with Crippen molar-refractivity contribution in [3.63, 3.8) is 0 Å². The Bertz CT molecular complexity index is 1010. The van der Waals surface area contributed by atoms with Crippen molar-refractivity contribution in [2.24, 2.45) is 0 Å². The third-order valence-corrected chi connectivity index (χ3v) is 7.41. The summed E-state index contributed by atoms with van der Waals surface area (Å²) in [6, 6.07) is 9.51. The van der Waals surface area contributed by atoms with Crippen molar-refractivity contribution in [3.05, 3.63) is 41.3 Å². The summed E-state index contributed by atoms with van der Waals surface area (Å²) in [5, 5.41) is 12.7. The zero-order valence-corrected chi connectivity index (χ0v) is 17.0. The lowest BCUT2D eigenvalue weighted by Gasteiger charge is -2.43. The number of ketones is 1. The van der Waals surface area contributed by atoms with Crippen LogP contribution in [0.1, 0.15) is 29.6 Å². The summed E-state index contributed by atoms with van der Waals surface area (Å²) in [5.74, 6) is 1.49. The molecule has 2 aliphatic heterocycles. The van der Waals surface area contributed by atoms with Crippen molar-refractivity contribution in [2.45, 2.75) is 24.9 Å². The van der Waals surface area contributed by atoms with E-state index in [-0.39, 0.29) is 5.78 Å². The fourth-order valence-electron chi connectivity index (χ4n) is 3.83. The molecule has 0 atom stereocenters. The Morgan fingerprint density at radius 1 is 1.21 bits per heavy atom. The Balaban J connectivity index is 1.32. The number of benzene rings is 1. The lowest BCUT2D eigenvalue weighted by molar-refractivity contribution is 0.0230. The quantitative estimate of drug-likeness (QED) is 0.639. The van der Waals surface area contributed by atoms with Crippen molar-refractivity contribution in [1.29, 1.82) is 0 Å². The maximum Gasteiger partial charge on any atom is 0.208 e. The number of thiophene rings is 1.